The highest BCUT2D eigenvalue weighted by atomic mass is 32.1. The first-order valence-electron chi connectivity index (χ1n) is 7.90. The van der Waals surface area contributed by atoms with Crippen molar-refractivity contribution in [2.24, 2.45) is 0 Å². The number of morpholine rings is 1. The number of nitrogens with one attached hydrogen (secondary N) is 2. The third-order valence-electron chi connectivity index (χ3n) is 4.05. The van der Waals surface area contributed by atoms with E-state index >= 15 is 0 Å². The van der Waals surface area contributed by atoms with Gasteiger partial charge in [0, 0.05) is 24.2 Å². The van der Waals surface area contributed by atoms with Crippen LogP contribution >= 0.6 is 11.3 Å². The maximum absolute atomic E-state index is 12.1. The van der Waals surface area contributed by atoms with E-state index in [0.29, 0.717) is 5.56 Å². The standard InChI is InChI=1S/C17H18N4O2S/c22-17(12-3-8-24-11-12)18-13-1-2-14-15(9-13)20-16(19-14)10-21-4-6-23-7-5-21/h1-3,8-9,11H,4-7,10H2,(H,18,22)(H,19,20). The van der Waals surface area contributed by atoms with E-state index in [0.717, 1.165) is 55.4 Å². The molecule has 7 heteroatoms. The van der Waals surface area contributed by atoms with Crippen molar-refractivity contribution in [2.75, 3.05) is 31.6 Å². The smallest absolute Gasteiger partial charge is 0.256 e. The molecule has 24 heavy (non-hydrogen) atoms. The molecule has 2 N–H and O–H groups in total. The van der Waals surface area contributed by atoms with E-state index in [-0.39, 0.29) is 5.91 Å². The fourth-order valence-electron chi connectivity index (χ4n) is 2.78. The molecule has 3 aromatic rings. The second-order valence-electron chi connectivity index (χ2n) is 5.77. The number of imidazole rings is 1. The van der Waals surface area contributed by atoms with Crippen molar-refractivity contribution < 1.29 is 9.53 Å². The summed E-state index contributed by atoms with van der Waals surface area (Å²) in [4.78, 5) is 22.4. The topological polar surface area (TPSA) is 70.2 Å². The fourth-order valence-corrected chi connectivity index (χ4v) is 3.42. The van der Waals surface area contributed by atoms with Gasteiger partial charge < -0.3 is 15.0 Å². The molecule has 0 radical (unpaired) electrons. The Morgan fingerprint density at radius 1 is 1.33 bits per heavy atom. The van der Waals surface area contributed by atoms with Crippen LogP contribution in [0.3, 0.4) is 0 Å². The van der Waals surface area contributed by atoms with Crippen molar-refractivity contribution in [1.29, 1.82) is 0 Å². The largest absolute Gasteiger partial charge is 0.379 e. The van der Waals surface area contributed by atoms with E-state index in [9.17, 15) is 4.79 Å². The minimum atomic E-state index is -0.0938. The van der Waals surface area contributed by atoms with E-state index in [2.05, 4.69) is 20.2 Å². The van der Waals surface area contributed by atoms with Crippen LogP contribution in [0.5, 0.6) is 0 Å². The number of fused-ring (bicyclic) bond motifs is 1. The van der Waals surface area contributed by atoms with Crippen molar-refractivity contribution in [3.63, 3.8) is 0 Å². The zero-order valence-electron chi connectivity index (χ0n) is 13.1. The zero-order chi connectivity index (χ0) is 16.4. The quantitative estimate of drug-likeness (QED) is 0.765. The van der Waals surface area contributed by atoms with Crippen LogP contribution in [0.15, 0.2) is 35.0 Å². The van der Waals surface area contributed by atoms with Crippen LogP contribution < -0.4 is 5.32 Å². The summed E-state index contributed by atoms with van der Waals surface area (Å²) in [5.74, 6) is 0.844. The average molecular weight is 342 g/mol. The maximum Gasteiger partial charge on any atom is 0.256 e. The number of aromatic nitrogens is 2. The first-order valence-corrected chi connectivity index (χ1v) is 8.84. The Balaban J connectivity index is 1.49. The van der Waals surface area contributed by atoms with Crippen LogP contribution in [0.1, 0.15) is 16.2 Å². The number of hydrogen-bond donors (Lipinski definition) is 2. The lowest BCUT2D eigenvalue weighted by molar-refractivity contribution is 0.0332. The molecule has 0 spiro atoms. The molecule has 3 heterocycles. The Morgan fingerprint density at radius 2 is 2.21 bits per heavy atom. The molecule has 0 unspecified atom stereocenters. The van der Waals surface area contributed by atoms with Crippen LogP contribution in [-0.2, 0) is 11.3 Å². The summed E-state index contributed by atoms with van der Waals surface area (Å²) in [6.45, 7) is 4.20. The Kier molecular flexibility index (Phi) is 4.29. The number of carbonyl (C=O) groups is 1. The van der Waals surface area contributed by atoms with Crippen LogP contribution in [0.25, 0.3) is 11.0 Å². The number of amides is 1. The molecule has 2 aromatic heterocycles. The van der Waals surface area contributed by atoms with Crippen molar-refractivity contribution in [3.05, 3.63) is 46.4 Å². The first-order chi connectivity index (χ1) is 11.8. The third kappa shape index (κ3) is 3.33. The number of hydrogen-bond acceptors (Lipinski definition) is 5. The summed E-state index contributed by atoms with van der Waals surface area (Å²) >= 11 is 1.51. The van der Waals surface area contributed by atoms with Crippen molar-refractivity contribution in [2.45, 2.75) is 6.54 Å². The second-order valence-corrected chi connectivity index (χ2v) is 6.55. The van der Waals surface area contributed by atoms with E-state index in [1.807, 2.05) is 35.0 Å². The van der Waals surface area contributed by atoms with Crippen LogP contribution in [0.4, 0.5) is 5.69 Å². The highest BCUT2D eigenvalue weighted by molar-refractivity contribution is 7.08. The normalized spacial score (nSPS) is 15.7. The maximum atomic E-state index is 12.1. The average Bonchev–Trinajstić information content (AvgIpc) is 3.24. The summed E-state index contributed by atoms with van der Waals surface area (Å²) < 4.78 is 5.37. The SMILES string of the molecule is O=C(Nc1ccc2nc(CN3CCOCC3)[nH]c2c1)c1ccsc1. The summed E-state index contributed by atoms with van der Waals surface area (Å²) in [5, 5.41) is 6.65. The summed E-state index contributed by atoms with van der Waals surface area (Å²) in [6, 6.07) is 7.55. The van der Waals surface area contributed by atoms with Gasteiger partial charge in [0.2, 0.25) is 0 Å². The van der Waals surface area contributed by atoms with Gasteiger partial charge >= 0.3 is 0 Å². The summed E-state index contributed by atoms with van der Waals surface area (Å²) in [5.41, 5.74) is 3.28. The van der Waals surface area contributed by atoms with Gasteiger partial charge in [-0.25, -0.2) is 4.98 Å². The molecular formula is C17H18N4O2S. The van der Waals surface area contributed by atoms with Crippen LogP contribution in [0.2, 0.25) is 0 Å². The van der Waals surface area contributed by atoms with Gasteiger partial charge in [-0.05, 0) is 29.6 Å². The Labute approximate surface area is 143 Å². The molecule has 0 saturated carbocycles. The second kappa shape index (κ2) is 6.72. The predicted molar refractivity (Wildman–Crippen MR) is 94.5 cm³/mol. The molecule has 1 aliphatic heterocycles. The van der Waals surface area contributed by atoms with Crippen LogP contribution in [-0.4, -0.2) is 47.1 Å². The number of ether oxygens (including phenoxy) is 1. The Bertz CT molecular complexity index is 838. The molecule has 1 fully saturated rings. The molecule has 1 amide bonds. The Hall–Kier alpha value is -2.22. The van der Waals surface area contributed by atoms with Crippen molar-refractivity contribution in [3.8, 4) is 0 Å². The highest BCUT2D eigenvalue weighted by Gasteiger charge is 2.13. The van der Waals surface area contributed by atoms with Gasteiger partial charge in [-0.2, -0.15) is 11.3 Å². The van der Waals surface area contributed by atoms with Crippen molar-refractivity contribution >= 4 is 34.0 Å². The van der Waals surface area contributed by atoms with Gasteiger partial charge in [0.1, 0.15) is 5.82 Å². The number of carbonyl (C=O) groups excluding carboxylic acids is 1. The summed E-state index contributed by atoms with van der Waals surface area (Å²) in [7, 11) is 0. The molecule has 124 valence electrons. The molecule has 4 rings (SSSR count). The lowest BCUT2D eigenvalue weighted by Gasteiger charge is -2.25. The van der Waals surface area contributed by atoms with Gasteiger partial charge in [-0.3, -0.25) is 9.69 Å². The molecular weight excluding hydrogens is 324 g/mol. The molecule has 1 aliphatic rings. The summed E-state index contributed by atoms with van der Waals surface area (Å²) in [6.07, 6.45) is 0. The number of nitrogens with zero attached hydrogens (tertiary/aromatic N) is 2. The van der Waals surface area contributed by atoms with Gasteiger partial charge in [0.25, 0.3) is 5.91 Å². The molecule has 0 aliphatic carbocycles. The van der Waals surface area contributed by atoms with E-state index in [4.69, 9.17) is 4.74 Å². The van der Waals surface area contributed by atoms with Gasteiger partial charge in [-0.1, -0.05) is 0 Å². The van der Waals surface area contributed by atoms with Gasteiger partial charge in [-0.15, -0.1) is 0 Å². The molecule has 0 atom stereocenters. The number of thiophene rings is 1. The van der Waals surface area contributed by atoms with Gasteiger partial charge in [0.15, 0.2) is 0 Å². The number of benzene rings is 1. The third-order valence-corrected chi connectivity index (χ3v) is 4.73. The predicted octanol–water partition coefficient (Wildman–Crippen LogP) is 2.71. The number of rotatable bonds is 4. The molecule has 1 aromatic carbocycles. The minimum absolute atomic E-state index is 0.0938. The number of anilines is 1. The van der Waals surface area contributed by atoms with Crippen LogP contribution in [0, 0.1) is 0 Å². The monoisotopic (exact) mass is 342 g/mol. The van der Waals surface area contributed by atoms with E-state index in [1.165, 1.54) is 11.3 Å². The lowest BCUT2D eigenvalue weighted by atomic mass is 10.2. The van der Waals surface area contributed by atoms with E-state index in [1.54, 1.807) is 0 Å². The number of H-pyrrole nitrogens is 1. The molecule has 1 saturated heterocycles. The van der Waals surface area contributed by atoms with E-state index < -0.39 is 0 Å². The zero-order valence-corrected chi connectivity index (χ0v) is 13.9. The van der Waals surface area contributed by atoms with Crippen molar-refractivity contribution in [1.82, 2.24) is 14.9 Å². The fraction of sp³-hybridized carbons (Fsp3) is 0.294. The lowest BCUT2D eigenvalue weighted by Crippen LogP contribution is -2.35. The molecule has 0 bridgehead atoms. The minimum Gasteiger partial charge on any atom is -0.379 e. The first kappa shape index (κ1) is 15.3. The highest BCUT2D eigenvalue weighted by Crippen LogP contribution is 2.19. The molecule has 6 nitrogen and oxygen atoms in total. The Morgan fingerprint density at radius 3 is 3.00 bits per heavy atom. The number of aromatic amines is 1. The van der Waals surface area contributed by atoms with Gasteiger partial charge in [0.05, 0.1) is 36.4 Å².